The lowest BCUT2D eigenvalue weighted by molar-refractivity contribution is 0.258. The van der Waals surface area contributed by atoms with Gasteiger partial charge in [-0.25, -0.2) is 4.98 Å². The number of aromatic nitrogens is 2. The van der Waals surface area contributed by atoms with Crippen molar-refractivity contribution in [2.24, 2.45) is 0 Å². The second kappa shape index (κ2) is 8.48. The summed E-state index contributed by atoms with van der Waals surface area (Å²) >= 11 is 0. The third-order valence-electron chi connectivity index (χ3n) is 4.52. The molecule has 2 aromatic heterocycles. The first kappa shape index (κ1) is 19.9. The molecule has 0 saturated carbocycles. The van der Waals surface area contributed by atoms with Crippen molar-refractivity contribution in [3.05, 3.63) is 96.2 Å². The Labute approximate surface area is 169 Å². The van der Waals surface area contributed by atoms with Crippen LogP contribution in [0.1, 0.15) is 17.2 Å². The molecule has 0 spiro atoms. The largest absolute Gasteiger partial charge is 0.505 e. The molecule has 3 N–H and O–H groups in total. The highest BCUT2D eigenvalue weighted by atomic mass is 16.5. The zero-order chi connectivity index (χ0) is 21.0. The minimum atomic E-state index is -0.581. The Hall–Kier alpha value is -3.80. The molecule has 0 saturated heterocycles. The van der Waals surface area contributed by atoms with Crippen molar-refractivity contribution in [2.75, 3.05) is 12.4 Å². The number of anilines is 1. The first-order valence-electron chi connectivity index (χ1n) is 8.99. The molecule has 2 heterocycles. The molecular weight excluding hydrogens is 366 g/mol. The number of methoxy groups -OCH3 is 1. The maximum Gasteiger partial charge on any atom is 0.157 e. The number of pyridine rings is 2. The van der Waals surface area contributed by atoms with Crippen LogP contribution in [0.25, 0.3) is 10.9 Å². The summed E-state index contributed by atoms with van der Waals surface area (Å²) in [4.78, 5) is 8.62. The van der Waals surface area contributed by atoms with Crippen molar-refractivity contribution in [3.8, 4) is 5.75 Å². The number of hydrogen-bond donors (Lipinski definition) is 3. The number of hydrogen-bond acceptors (Lipinski definition) is 6. The first-order valence-corrected chi connectivity index (χ1v) is 8.99. The Balaban J connectivity index is 2.08. The van der Waals surface area contributed by atoms with E-state index in [-0.39, 0.29) is 17.3 Å². The summed E-state index contributed by atoms with van der Waals surface area (Å²) in [6, 6.07) is 10.6. The molecular formula is C23H23N3O3. The van der Waals surface area contributed by atoms with Crippen molar-refractivity contribution in [3.63, 3.8) is 0 Å². The van der Waals surface area contributed by atoms with Crippen LogP contribution in [0.4, 0.5) is 5.82 Å². The van der Waals surface area contributed by atoms with Gasteiger partial charge in [0.2, 0.25) is 0 Å². The van der Waals surface area contributed by atoms with Gasteiger partial charge in [0, 0.05) is 23.3 Å². The molecule has 0 aliphatic heterocycles. The van der Waals surface area contributed by atoms with Gasteiger partial charge in [-0.3, -0.25) is 4.98 Å². The summed E-state index contributed by atoms with van der Waals surface area (Å²) in [6.07, 6.45) is 4.76. The Morgan fingerprint density at radius 1 is 1.17 bits per heavy atom. The number of aliphatic hydroxyl groups excluding tert-OH is 1. The van der Waals surface area contributed by atoms with Gasteiger partial charge in [-0.2, -0.15) is 0 Å². The molecule has 0 radical (unpaired) electrons. The summed E-state index contributed by atoms with van der Waals surface area (Å²) in [7, 11) is 1.42. The quantitative estimate of drug-likeness (QED) is 0.391. The zero-order valence-electron chi connectivity index (χ0n) is 16.4. The molecule has 29 heavy (non-hydrogen) atoms. The third kappa shape index (κ3) is 4.38. The predicted octanol–water partition coefficient (Wildman–Crippen LogP) is 4.96. The minimum absolute atomic E-state index is 0.0351. The number of rotatable bonds is 7. The smallest absolute Gasteiger partial charge is 0.157 e. The molecule has 3 aromatic rings. The van der Waals surface area contributed by atoms with Crippen molar-refractivity contribution in [2.45, 2.75) is 13.0 Å². The summed E-state index contributed by atoms with van der Waals surface area (Å²) in [6.45, 7) is 9.67. The van der Waals surface area contributed by atoms with E-state index in [2.05, 4.69) is 28.4 Å². The number of aryl methyl sites for hydroxylation is 1. The van der Waals surface area contributed by atoms with Crippen molar-refractivity contribution in [1.82, 2.24) is 9.97 Å². The van der Waals surface area contributed by atoms with E-state index >= 15 is 0 Å². The lowest BCUT2D eigenvalue weighted by Crippen LogP contribution is -2.14. The molecule has 6 heteroatoms. The summed E-state index contributed by atoms with van der Waals surface area (Å²) < 4.78 is 4.97. The van der Waals surface area contributed by atoms with Crippen LogP contribution in [-0.2, 0) is 4.74 Å². The number of phenolic OH excluding ortho intramolecular Hbond substituents is 1. The van der Waals surface area contributed by atoms with Gasteiger partial charge in [0.25, 0.3) is 0 Å². The average molecular weight is 389 g/mol. The van der Waals surface area contributed by atoms with Crippen LogP contribution in [0, 0.1) is 6.92 Å². The van der Waals surface area contributed by atoms with Crippen molar-refractivity contribution >= 4 is 16.7 Å². The molecule has 0 amide bonds. The number of fused-ring (bicyclic) bond motifs is 1. The van der Waals surface area contributed by atoms with E-state index < -0.39 is 6.04 Å². The Kier molecular flexibility index (Phi) is 5.83. The van der Waals surface area contributed by atoms with Gasteiger partial charge in [0.15, 0.2) is 11.5 Å². The maximum absolute atomic E-state index is 10.9. The molecule has 148 valence electrons. The van der Waals surface area contributed by atoms with Gasteiger partial charge in [-0.1, -0.05) is 31.4 Å². The highest BCUT2D eigenvalue weighted by Gasteiger charge is 2.21. The van der Waals surface area contributed by atoms with Gasteiger partial charge in [0.1, 0.15) is 17.1 Å². The van der Waals surface area contributed by atoms with Crippen LogP contribution >= 0.6 is 0 Å². The molecule has 0 aliphatic carbocycles. The van der Waals surface area contributed by atoms with Crippen molar-refractivity contribution < 1.29 is 14.9 Å². The number of nitrogens with one attached hydrogen (secondary N) is 1. The van der Waals surface area contributed by atoms with Crippen LogP contribution in [0.15, 0.2) is 85.1 Å². The number of ether oxygens (including phenoxy) is 1. The molecule has 6 nitrogen and oxygen atoms in total. The zero-order valence-corrected chi connectivity index (χ0v) is 16.4. The molecule has 0 aliphatic rings. The number of benzene rings is 1. The monoisotopic (exact) mass is 389 g/mol. The summed E-state index contributed by atoms with van der Waals surface area (Å²) in [5.74, 6) is 0.603. The van der Waals surface area contributed by atoms with Crippen LogP contribution in [0.5, 0.6) is 5.75 Å². The minimum Gasteiger partial charge on any atom is -0.505 e. The van der Waals surface area contributed by atoms with E-state index in [1.807, 2.05) is 37.3 Å². The Bertz CT molecular complexity index is 1110. The van der Waals surface area contributed by atoms with Gasteiger partial charge in [-0.05, 0) is 42.3 Å². The molecule has 3 rings (SSSR count). The normalized spacial score (nSPS) is 12.4. The third-order valence-corrected chi connectivity index (χ3v) is 4.52. The van der Waals surface area contributed by atoms with Crippen molar-refractivity contribution in [1.29, 1.82) is 0 Å². The number of phenols is 1. The topological polar surface area (TPSA) is 87.5 Å². The highest BCUT2D eigenvalue weighted by Crippen LogP contribution is 2.36. The Morgan fingerprint density at radius 2 is 1.97 bits per heavy atom. The van der Waals surface area contributed by atoms with E-state index in [9.17, 15) is 10.2 Å². The van der Waals surface area contributed by atoms with Gasteiger partial charge >= 0.3 is 0 Å². The van der Waals surface area contributed by atoms with E-state index in [1.165, 1.54) is 13.2 Å². The van der Waals surface area contributed by atoms with Gasteiger partial charge < -0.3 is 20.3 Å². The van der Waals surface area contributed by atoms with E-state index in [4.69, 9.17) is 4.74 Å². The first-order chi connectivity index (χ1) is 13.9. The molecule has 1 atom stereocenters. The van der Waals surface area contributed by atoms with Crippen LogP contribution in [0.2, 0.25) is 0 Å². The van der Waals surface area contributed by atoms with Crippen LogP contribution in [-0.4, -0.2) is 27.3 Å². The Morgan fingerprint density at radius 3 is 2.69 bits per heavy atom. The molecule has 1 unspecified atom stereocenters. The fourth-order valence-electron chi connectivity index (χ4n) is 2.96. The predicted molar refractivity (Wildman–Crippen MR) is 115 cm³/mol. The molecule has 0 bridgehead atoms. The van der Waals surface area contributed by atoms with Crippen LogP contribution < -0.4 is 5.32 Å². The lowest BCUT2D eigenvalue weighted by atomic mass is 9.96. The molecule has 1 aromatic carbocycles. The average Bonchev–Trinajstić information content (AvgIpc) is 2.72. The summed E-state index contributed by atoms with van der Waals surface area (Å²) in [5, 5.41) is 25.2. The lowest BCUT2D eigenvalue weighted by Gasteiger charge is -2.22. The van der Waals surface area contributed by atoms with E-state index in [0.29, 0.717) is 22.5 Å². The number of nitrogens with zero attached hydrogens (tertiary/aromatic N) is 2. The fraction of sp³-hybridized carbons (Fsp3) is 0.130. The van der Waals surface area contributed by atoms with Gasteiger partial charge in [0.05, 0.1) is 13.2 Å². The van der Waals surface area contributed by atoms with E-state index in [1.54, 1.807) is 18.5 Å². The number of aromatic hydroxyl groups is 1. The maximum atomic E-state index is 10.9. The second-order valence-corrected chi connectivity index (χ2v) is 6.61. The standard InChI is InChI=1S/C23H23N3O3/c1-14-9-11-24-20(12-14)26-21(15(2)13-19(27)16(3)29-4)18-8-7-17-6-5-10-25-22(17)23(18)28/h5-13,21,27-28H,2-3H2,1,4H3,(H,24,26). The summed E-state index contributed by atoms with van der Waals surface area (Å²) in [5.41, 5.74) is 2.55. The van der Waals surface area contributed by atoms with Gasteiger partial charge in [-0.15, -0.1) is 0 Å². The van der Waals surface area contributed by atoms with Crippen LogP contribution in [0.3, 0.4) is 0 Å². The number of aliphatic hydroxyl groups is 1. The highest BCUT2D eigenvalue weighted by molar-refractivity contribution is 5.86. The fourth-order valence-corrected chi connectivity index (χ4v) is 2.96. The van der Waals surface area contributed by atoms with E-state index in [0.717, 1.165) is 10.9 Å². The SMILES string of the molecule is C=C(OC)C(O)=CC(=C)C(Nc1cc(C)ccn1)c1ccc2cccnc2c1O. The molecule has 0 fully saturated rings. The second-order valence-electron chi connectivity index (χ2n) is 6.61.